The van der Waals surface area contributed by atoms with Gasteiger partial charge in [-0.05, 0) is 37.0 Å². The average molecular weight is 289 g/mol. The van der Waals surface area contributed by atoms with E-state index in [0.29, 0.717) is 6.61 Å². The van der Waals surface area contributed by atoms with Gasteiger partial charge in [-0.2, -0.15) is 0 Å². The minimum atomic E-state index is -0.559. The highest BCUT2D eigenvalue weighted by molar-refractivity contribution is 5.45. The largest absolute Gasteiger partial charge is 0.493 e. The smallest absolute Gasteiger partial charge is 0.129 e. The minimum absolute atomic E-state index is 0.0263. The van der Waals surface area contributed by atoms with Crippen molar-refractivity contribution in [2.45, 2.75) is 25.3 Å². The van der Waals surface area contributed by atoms with Crippen molar-refractivity contribution in [3.05, 3.63) is 64.7 Å². The van der Waals surface area contributed by atoms with Crippen molar-refractivity contribution in [3.63, 3.8) is 0 Å². The van der Waals surface area contributed by atoms with Crippen LogP contribution in [0.25, 0.3) is 0 Å². The maximum atomic E-state index is 13.7. The molecule has 0 saturated heterocycles. The molecule has 1 aliphatic rings. The standard InChI is InChI=1S/C17H17F2NO/c18-14-7-2-8-15(19)13(14)10-16(20)12-6-1-4-11-5-3-9-21-17(11)12/h1-2,4,6-8,16H,3,5,9-10,20H2. The third-order valence-electron chi connectivity index (χ3n) is 3.85. The number of rotatable bonds is 3. The van der Waals surface area contributed by atoms with Gasteiger partial charge in [0.15, 0.2) is 0 Å². The van der Waals surface area contributed by atoms with Crippen molar-refractivity contribution in [1.82, 2.24) is 0 Å². The number of aryl methyl sites for hydroxylation is 1. The fourth-order valence-electron chi connectivity index (χ4n) is 2.76. The molecule has 0 aromatic heterocycles. The molecular weight excluding hydrogens is 272 g/mol. The number of benzene rings is 2. The normalized spacial score (nSPS) is 15.2. The van der Waals surface area contributed by atoms with Crippen LogP contribution >= 0.6 is 0 Å². The Bertz CT molecular complexity index is 637. The molecule has 2 N–H and O–H groups in total. The Kier molecular flexibility index (Phi) is 3.88. The SMILES string of the molecule is NC(Cc1c(F)cccc1F)c1cccc2c1OCCC2. The van der Waals surface area contributed by atoms with Gasteiger partial charge in [0.2, 0.25) is 0 Å². The number of hydrogen-bond acceptors (Lipinski definition) is 2. The molecule has 1 heterocycles. The molecule has 1 atom stereocenters. The van der Waals surface area contributed by atoms with E-state index in [9.17, 15) is 8.78 Å². The summed E-state index contributed by atoms with van der Waals surface area (Å²) in [5.74, 6) is -0.333. The molecule has 0 saturated carbocycles. The summed E-state index contributed by atoms with van der Waals surface area (Å²) >= 11 is 0. The molecule has 0 bridgehead atoms. The van der Waals surface area contributed by atoms with Crippen molar-refractivity contribution in [2.24, 2.45) is 5.73 Å². The third kappa shape index (κ3) is 2.76. The maximum Gasteiger partial charge on any atom is 0.129 e. The van der Waals surface area contributed by atoms with Gasteiger partial charge in [0.1, 0.15) is 17.4 Å². The van der Waals surface area contributed by atoms with Crippen LogP contribution in [0.1, 0.15) is 29.2 Å². The monoisotopic (exact) mass is 289 g/mol. The van der Waals surface area contributed by atoms with Crippen LogP contribution in [-0.4, -0.2) is 6.61 Å². The van der Waals surface area contributed by atoms with Crippen LogP contribution in [0.15, 0.2) is 36.4 Å². The van der Waals surface area contributed by atoms with E-state index in [1.165, 1.54) is 18.2 Å². The van der Waals surface area contributed by atoms with Crippen LogP contribution in [0, 0.1) is 11.6 Å². The average Bonchev–Trinajstić information content (AvgIpc) is 2.50. The molecule has 1 aliphatic heterocycles. The van der Waals surface area contributed by atoms with Crippen molar-refractivity contribution < 1.29 is 13.5 Å². The van der Waals surface area contributed by atoms with E-state index in [4.69, 9.17) is 10.5 Å². The van der Waals surface area contributed by atoms with Gasteiger partial charge in [0.25, 0.3) is 0 Å². The lowest BCUT2D eigenvalue weighted by Crippen LogP contribution is -2.19. The van der Waals surface area contributed by atoms with Gasteiger partial charge in [0, 0.05) is 17.2 Å². The van der Waals surface area contributed by atoms with E-state index in [2.05, 4.69) is 0 Å². The molecule has 0 aliphatic carbocycles. The lowest BCUT2D eigenvalue weighted by atomic mass is 9.94. The summed E-state index contributed by atoms with van der Waals surface area (Å²) < 4.78 is 33.2. The summed E-state index contributed by atoms with van der Waals surface area (Å²) in [6, 6.07) is 9.16. The quantitative estimate of drug-likeness (QED) is 0.938. The van der Waals surface area contributed by atoms with Gasteiger partial charge in [-0.3, -0.25) is 0 Å². The molecule has 0 radical (unpaired) electrons. The fourth-order valence-corrected chi connectivity index (χ4v) is 2.76. The zero-order chi connectivity index (χ0) is 14.8. The second kappa shape index (κ2) is 5.82. The van der Waals surface area contributed by atoms with Crippen molar-refractivity contribution in [1.29, 1.82) is 0 Å². The van der Waals surface area contributed by atoms with Crippen molar-refractivity contribution >= 4 is 0 Å². The van der Waals surface area contributed by atoms with Crippen LogP contribution in [-0.2, 0) is 12.8 Å². The van der Waals surface area contributed by atoms with Crippen molar-refractivity contribution in [3.8, 4) is 5.75 Å². The van der Waals surface area contributed by atoms with Crippen LogP contribution in [0.5, 0.6) is 5.75 Å². The molecule has 21 heavy (non-hydrogen) atoms. The summed E-state index contributed by atoms with van der Waals surface area (Å²) in [7, 11) is 0. The molecule has 0 fully saturated rings. The number of fused-ring (bicyclic) bond motifs is 1. The van der Waals surface area contributed by atoms with Crippen LogP contribution < -0.4 is 10.5 Å². The van der Waals surface area contributed by atoms with Gasteiger partial charge >= 0.3 is 0 Å². The van der Waals surface area contributed by atoms with Crippen LogP contribution in [0.2, 0.25) is 0 Å². The van der Waals surface area contributed by atoms with Crippen LogP contribution in [0.3, 0.4) is 0 Å². The fraction of sp³-hybridized carbons (Fsp3) is 0.294. The van der Waals surface area contributed by atoms with Crippen LogP contribution in [0.4, 0.5) is 8.78 Å². The zero-order valence-corrected chi connectivity index (χ0v) is 11.6. The molecule has 0 amide bonds. The summed E-state index contributed by atoms with van der Waals surface area (Å²) in [5, 5.41) is 0. The molecule has 1 unspecified atom stereocenters. The molecule has 3 rings (SSSR count). The van der Waals surface area contributed by atoms with Gasteiger partial charge in [-0.25, -0.2) is 8.78 Å². The number of halogens is 2. The highest BCUT2D eigenvalue weighted by Crippen LogP contribution is 2.33. The minimum Gasteiger partial charge on any atom is -0.493 e. The predicted molar refractivity (Wildman–Crippen MR) is 77.2 cm³/mol. The van der Waals surface area contributed by atoms with Gasteiger partial charge in [0.05, 0.1) is 6.61 Å². The van der Waals surface area contributed by atoms with Crippen molar-refractivity contribution in [2.75, 3.05) is 6.61 Å². The first-order valence-electron chi connectivity index (χ1n) is 7.10. The molecule has 110 valence electrons. The maximum absolute atomic E-state index is 13.7. The molecule has 4 heteroatoms. The van der Waals surface area contributed by atoms with Gasteiger partial charge < -0.3 is 10.5 Å². The first-order valence-corrected chi connectivity index (χ1v) is 7.10. The number of hydrogen-bond donors (Lipinski definition) is 1. The van der Waals surface area contributed by atoms with E-state index < -0.39 is 17.7 Å². The highest BCUT2D eigenvalue weighted by Gasteiger charge is 2.21. The topological polar surface area (TPSA) is 35.2 Å². The summed E-state index contributed by atoms with van der Waals surface area (Å²) in [5.41, 5.74) is 8.13. The lowest BCUT2D eigenvalue weighted by Gasteiger charge is -2.23. The Balaban J connectivity index is 1.91. The lowest BCUT2D eigenvalue weighted by molar-refractivity contribution is 0.283. The molecular formula is C17H17F2NO. The number of ether oxygens (including phenoxy) is 1. The molecule has 2 aromatic carbocycles. The Morgan fingerprint density at radius 3 is 2.57 bits per heavy atom. The Hall–Kier alpha value is -1.94. The first-order chi connectivity index (χ1) is 10.2. The van der Waals surface area contributed by atoms with E-state index in [1.54, 1.807) is 0 Å². The number of para-hydroxylation sites is 1. The van der Waals surface area contributed by atoms with E-state index in [1.807, 2.05) is 18.2 Å². The molecule has 2 nitrogen and oxygen atoms in total. The third-order valence-corrected chi connectivity index (χ3v) is 3.85. The first kappa shape index (κ1) is 14.0. The van der Waals surface area contributed by atoms with E-state index in [-0.39, 0.29) is 12.0 Å². The molecule has 2 aromatic rings. The highest BCUT2D eigenvalue weighted by atomic mass is 19.1. The number of nitrogens with two attached hydrogens (primary N) is 1. The van der Waals surface area contributed by atoms with E-state index >= 15 is 0 Å². The Morgan fingerprint density at radius 2 is 1.81 bits per heavy atom. The molecule has 0 spiro atoms. The second-order valence-electron chi connectivity index (χ2n) is 5.30. The Morgan fingerprint density at radius 1 is 1.10 bits per heavy atom. The van der Waals surface area contributed by atoms with E-state index in [0.717, 1.165) is 29.7 Å². The summed E-state index contributed by atoms with van der Waals surface area (Å²) in [6.45, 7) is 0.658. The summed E-state index contributed by atoms with van der Waals surface area (Å²) in [6.07, 6.45) is 2.04. The van der Waals surface area contributed by atoms with Gasteiger partial charge in [-0.15, -0.1) is 0 Å². The Labute approximate surface area is 122 Å². The van der Waals surface area contributed by atoms with Gasteiger partial charge in [-0.1, -0.05) is 24.3 Å². The predicted octanol–water partition coefficient (Wildman–Crippen LogP) is 3.53. The zero-order valence-electron chi connectivity index (χ0n) is 11.6. The second-order valence-corrected chi connectivity index (χ2v) is 5.30. The summed E-state index contributed by atoms with van der Waals surface area (Å²) in [4.78, 5) is 0.